The number of ketones is 1. The number of aliphatic carboxylic acids is 1. The number of nitrogens with zero attached hydrogens (tertiary/aromatic N) is 1. The molecule has 0 radical (unpaired) electrons. The van der Waals surface area contributed by atoms with Crippen LogP contribution in [0.4, 0.5) is 0 Å². The first kappa shape index (κ1) is 30.3. The number of hydrogen-bond donors (Lipinski definition) is 2. The number of Topliss-reactive ketones (excluding diaryl/α,β-unsaturated/α-hetero) is 1. The summed E-state index contributed by atoms with van der Waals surface area (Å²) in [5, 5.41) is 15.8. The van der Waals surface area contributed by atoms with Gasteiger partial charge < -0.3 is 10.2 Å². The van der Waals surface area contributed by atoms with Crippen molar-refractivity contribution in [2.75, 3.05) is 20.1 Å². The Labute approximate surface area is 180 Å². The molecule has 174 valence electrons. The summed E-state index contributed by atoms with van der Waals surface area (Å²) in [5.74, 6) is -0.765. The van der Waals surface area contributed by atoms with Gasteiger partial charge in [0.15, 0.2) is 0 Å². The van der Waals surface area contributed by atoms with Gasteiger partial charge in [-0.15, -0.1) is 0 Å². The number of carbonyl (C=O) groups excluding carboxylic acids is 1. The quantitative estimate of drug-likeness (QED) is 0.259. The van der Waals surface area contributed by atoms with Crippen LogP contribution in [-0.2, 0) is 9.59 Å². The maximum Gasteiger partial charge on any atom is 0.332 e. The zero-order valence-corrected chi connectivity index (χ0v) is 19.8. The highest BCUT2D eigenvalue weighted by Gasteiger charge is 2.05. The molecule has 0 spiro atoms. The molecule has 0 aliphatic carbocycles. The summed E-state index contributed by atoms with van der Waals surface area (Å²) in [5.41, 5.74) is 0. The molecular weight excluding hydrogens is 366 g/mol. The first-order chi connectivity index (χ1) is 13.8. The Morgan fingerprint density at radius 3 is 1.48 bits per heavy atom. The second-order valence-corrected chi connectivity index (χ2v) is 8.28. The Morgan fingerprint density at radius 2 is 1.14 bits per heavy atom. The van der Waals surface area contributed by atoms with Crippen LogP contribution in [0.15, 0.2) is 0 Å². The number of hydrogen-bond acceptors (Lipinski definition) is 4. The zero-order valence-electron chi connectivity index (χ0n) is 19.8. The van der Waals surface area contributed by atoms with Gasteiger partial charge in [0.1, 0.15) is 11.9 Å². The third kappa shape index (κ3) is 27.1. The average molecular weight is 416 g/mol. The lowest BCUT2D eigenvalue weighted by Crippen LogP contribution is -2.26. The van der Waals surface area contributed by atoms with Gasteiger partial charge in [-0.05, 0) is 33.4 Å². The number of unbranched alkanes of at least 4 members (excludes halogenated alkanes) is 12. The molecule has 0 bridgehead atoms. The number of aliphatic hydroxyl groups excluding tert-OH is 1. The maximum absolute atomic E-state index is 11.8. The van der Waals surface area contributed by atoms with E-state index in [4.69, 9.17) is 10.2 Å². The van der Waals surface area contributed by atoms with Crippen LogP contribution < -0.4 is 0 Å². The van der Waals surface area contributed by atoms with Crippen LogP contribution in [-0.4, -0.2) is 53.1 Å². The number of carbonyl (C=O) groups is 2. The van der Waals surface area contributed by atoms with Gasteiger partial charge in [0.2, 0.25) is 0 Å². The fourth-order valence-corrected chi connectivity index (χ4v) is 3.18. The summed E-state index contributed by atoms with van der Waals surface area (Å²) < 4.78 is 0. The molecule has 0 amide bonds. The van der Waals surface area contributed by atoms with E-state index in [1.807, 2.05) is 7.05 Å². The van der Waals surface area contributed by atoms with E-state index in [-0.39, 0.29) is 0 Å². The summed E-state index contributed by atoms with van der Waals surface area (Å²) in [7, 11) is 2.05. The molecule has 5 nitrogen and oxygen atoms in total. The van der Waals surface area contributed by atoms with E-state index in [1.165, 1.54) is 84.0 Å². The summed E-state index contributed by atoms with van der Waals surface area (Å²) in [6, 6.07) is 0. The summed E-state index contributed by atoms with van der Waals surface area (Å²) >= 11 is 0. The second kappa shape index (κ2) is 23.3. The van der Waals surface area contributed by atoms with Gasteiger partial charge in [-0.2, -0.15) is 0 Å². The molecule has 0 saturated heterocycles. The van der Waals surface area contributed by atoms with E-state index in [0.29, 0.717) is 12.3 Å². The van der Waals surface area contributed by atoms with Crippen molar-refractivity contribution in [2.24, 2.45) is 0 Å². The monoisotopic (exact) mass is 415 g/mol. The minimum absolute atomic E-state index is 0.420. The highest BCUT2D eigenvalue weighted by Crippen LogP contribution is 2.13. The molecule has 1 atom stereocenters. The molecule has 0 aliphatic heterocycles. The molecule has 0 heterocycles. The van der Waals surface area contributed by atoms with Crippen molar-refractivity contribution in [3.05, 3.63) is 0 Å². The topological polar surface area (TPSA) is 77.8 Å². The van der Waals surface area contributed by atoms with Gasteiger partial charge in [-0.3, -0.25) is 9.69 Å². The van der Waals surface area contributed by atoms with Gasteiger partial charge in [0.25, 0.3) is 0 Å². The summed E-state index contributed by atoms with van der Waals surface area (Å²) in [6.07, 6.45) is 18.4. The average Bonchev–Trinajstić information content (AvgIpc) is 2.66. The Kier molecular flexibility index (Phi) is 24.3. The third-order valence-corrected chi connectivity index (χ3v) is 4.97. The Morgan fingerprint density at radius 1 is 0.759 bits per heavy atom. The fraction of sp³-hybridized carbons (Fsp3) is 0.917. The standard InChI is InChI=1S/C21H43NO.C3H6O3/c1-4-6-7-8-9-10-11-12-13-14-15-16-17-18-21(23)20-22(3)19-5-2;1-2(4)3(5)6/h4-20H2,1-3H3;2,4H,1H3,(H,5,6). The van der Waals surface area contributed by atoms with Gasteiger partial charge in [-0.25, -0.2) is 4.79 Å². The fourth-order valence-electron chi connectivity index (χ4n) is 3.18. The smallest absolute Gasteiger partial charge is 0.332 e. The maximum atomic E-state index is 11.8. The molecule has 2 N–H and O–H groups in total. The normalized spacial score (nSPS) is 11.8. The highest BCUT2D eigenvalue weighted by molar-refractivity contribution is 5.80. The molecular formula is C24H49NO4. The molecule has 0 saturated carbocycles. The molecule has 0 aliphatic rings. The Hall–Kier alpha value is -0.940. The van der Waals surface area contributed by atoms with E-state index >= 15 is 0 Å². The van der Waals surface area contributed by atoms with Gasteiger partial charge >= 0.3 is 5.97 Å². The highest BCUT2D eigenvalue weighted by atomic mass is 16.4. The van der Waals surface area contributed by atoms with Crippen LogP contribution in [0.1, 0.15) is 117 Å². The molecule has 5 heteroatoms. The van der Waals surface area contributed by atoms with Crippen LogP contribution >= 0.6 is 0 Å². The lowest BCUT2D eigenvalue weighted by atomic mass is 10.0. The van der Waals surface area contributed by atoms with E-state index in [9.17, 15) is 9.59 Å². The van der Waals surface area contributed by atoms with Crippen LogP contribution in [0.25, 0.3) is 0 Å². The van der Waals surface area contributed by atoms with Gasteiger partial charge in [-0.1, -0.05) is 90.9 Å². The van der Waals surface area contributed by atoms with Gasteiger partial charge in [0.05, 0.1) is 6.54 Å². The van der Waals surface area contributed by atoms with E-state index in [2.05, 4.69) is 18.7 Å². The van der Waals surface area contributed by atoms with Crippen molar-refractivity contribution < 1.29 is 19.8 Å². The van der Waals surface area contributed by atoms with Crippen LogP contribution in [0.3, 0.4) is 0 Å². The lowest BCUT2D eigenvalue weighted by Gasteiger charge is -2.13. The van der Waals surface area contributed by atoms with Crippen molar-refractivity contribution in [1.82, 2.24) is 4.90 Å². The minimum Gasteiger partial charge on any atom is -0.479 e. The van der Waals surface area contributed by atoms with E-state index in [1.54, 1.807) is 0 Å². The van der Waals surface area contributed by atoms with Crippen molar-refractivity contribution in [3.63, 3.8) is 0 Å². The molecule has 0 aromatic carbocycles. The zero-order chi connectivity index (χ0) is 22.3. The molecule has 29 heavy (non-hydrogen) atoms. The van der Waals surface area contributed by atoms with E-state index in [0.717, 1.165) is 25.8 Å². The minimum atomic E-state index is -1.23. The largest absolute Gasteiger partial charge is 0.479 e. The van der Waals surface area contributed by atoms with Crippen molar-refractivity contribution in [1.29, 1.82) is 0 Å². The van der Waals surface area contributed by atoms with Crippen molar-refractivity contribution >= 4 is 11.8 Å². The van der Waals surface area contributed by atoms with Crippen molar-refractivity contribution in [2.45, 2.75) is 123 Å². The predicted octanol–water partition coefficient (Wildman–Crippen LogP) is 5.83. The first-order valence-electron chi connectivity index (χ1n) is 12.0. The molecule has 0 aromatic rings. The number of rotatable bonds is 19. The number of likely N-dealkylation sites (N-methyl/N-ethyl adjacent to an activating group) is 1. The number of carboxylic acids is 1. The molecule has 0 aromatic heterocycles. The Bertz CT molecular complexity index is 372. The Balaban J connectivity index is 0. The van der Waals surface area contributed by atoms with E-state index < -0.39 is 12.1 Å². The molecule has 0 fully saturated rings. The number of carboxylic acid groups (broad SMARTS) is 1. The van der Waals surface area contributed by atoms with Crippen LogP contribution in [0.2, 0.25) is 0 Å². The molecule has 1 unspecified atom stereocenters. The van der Waals surface area contributed by atoms with Gasteiger partial charge in [0, 0.05) is 6.42 Å². The van der Waals surface area contributed by atoms with Crippen LogP contribution in [0.5, 0.6) is 0 Å². The summed E-state index contributed by atoms with van der Waals surface area (Å²) in [6.45, 7) is 7.31. The van der Waals surface area contributed by atoms with Crippen LogP contribution in [0, 0.1) is 0 Å². The SMILES string of the molecule is CC(O)C(=O)O.CCCCCCCCCCCCCCCC(=O)CN(C)CCC. The number of aliphatic hydroxyl groups is 1. The third-order valence-electron chi connectivity index (χ3n) is 4.97. The summed E-state index contributed by atoms with van der Waals surface area (Å²) in [4.78, 5) is 23.4. The molecule has 0 rings (SSSR count). The lowest BCUT2D eigenvalue weighted by molar-refractivity contribution is -0.145. The van der Waals surface area contributed by atoms with Crippen molar-refractivity contribution in [3.8, 4) is 0 Å². The first-order valence-corrected chi connectivity index (χ1v) is 12.0. The predicted molar refractivity (Wildman–Crippen MR) is 122 cm³/mol. The second-order valence-electron chi connectivity index (χ2n) is 8.28.